The lowest BCUT2D eigenvalue weighted by Gasteiger charge is -2.34. The predicted octanol–water partition coefficient (Wildman–Crippen LogP) is 4.53. The first kappa shape index (κ1) is 20.0. The topological polar surface area (TPSA) is 45.7 Å². The van der Waals surface area contributed by atoms with E-state index in [0.29, 0.717) is 13.0 Å². The van der Waals surface area contributed by atoms with E-state index in [2.05, 4.69) is 23.1 Å². The standard InChI is InChI=1S/C22H25N3O2S2/c1-2-27-18-9-6-10-19-21(18)23-22(29-19)25-14-12-24(13-15-25)20(26)11-16-28-17-7-4-3-5-8-17/h3-10H,2,11-16H2,1H3. The Morgan fingerprint density at radius 3 is 2.66 bits per heavy atom. The molecule has 2 aromatic carbocycles. The van der Waals surface area contributed by atoms with Crippen molar-refractivity contribution in [3.8, 4) is 5.75 Å². The summed E-state index contributed by atoms with van der Waals surface area (Å²) in [5.41, 5.74) is 0.936. The van der Waals surface area contributed by atoms with Crippen molar-refractivity contribution in [1.82, 2.24) is 9.88 Å². The summed E-state index contributed by atoms with van der Waals surface area (Å²) in [4.78, 5) is 22.9. The van der Waals surface area contributed by atoms with Crippen LogP contribution in [0.5, 0.6) is 5.75 Å². The zero-order chi connectivity index (χ0) is 20.1. The first-order valence-electron chi connectivity index (χ1n) is 9.97. The van der Waals surface area contributed by atoms with Crippen LogP contribution in [0.15, 0.2) is 53.4 Å². The van der Waals surface area contributed by atoms with Gasteiger partial charge in [0.2, 0.25) is 5.91 Å². The van der Waals surface area contributed by atoms with Crippen LogP contribution >= 0.6 is 23.1 Å². The van der Waals surface area contributed by atoms with Gasteiger partial charge in [0, 0.05) is 43.2 Å². The third-order valence-electron chi connectivity index (χ3n) is 4.90. The van der Waals surface area contributed by atoms with Gasteiger partial charge in [-0.15, -0.1) is 11.8 Å². The van der Waals surface area contributed by atoms with Crippen molar-refractivity contribution in [2.45, 2.75) is 18.2 Å². The smallest absolute Gasteiger partial charge is 0.223 e. The molecule has 0 atom stereocenters. The lowest BCUT2D eigenvalue weighted by Crippen LogP contribution is -2.48. The van der Waals surface area contributed by atoms with Gasteiger partial charge >= 0.3 is 0 Å². The molecular formula is C22H25N3O2S2. The fourth-order valence-corrected chi connectivity index (χ4v) is 5.29. The Hall–Kier alpha value is -2.25. The average molecular weight is 428 g/mol. The maximum atomic E-state index is 12.6. The average Bonchev–Trinajstić information content (AvgIpc) is 3.20. The van der Waals surface area contributed by atoms with Gasteiger partial charge < -0.3 is 14.5 Å². The molecule has 7 heteroatoms. The number of nitrogens with zero attached hydrogens (tertiary/aromatic N) is 3. The molecule has 5 nitrogen and oxygen atoms in total. The summed E-state index contributed by atoms with van der Waals surface area (Å²) in [6.07, 6.45) is 0.582. The molecule has 0 N–H and O–H groups in total. The van der Waals surface area contributed by atoms with Crippen LogP contribution in [0.2, 0.25) is 0 Å². The molecule has 1 aliphatic heterocycles. The molecule has 0 saturated carbocycles. The number of rotatable bonds is 7. The second-order valence-electron chi connectivity index (χ2n) is 6.81. The summed E-state index contributed by atoms with van der Waals surface area (Å²) < 4.78 is 6.85. The minimum absolute atomic E-state index is 0.246. The van der Waals surface area contributed by atoms with Crippen LogP contribution in [0.4, 0.5) is 5.13 Å². The molecule has 2 heterocycles. The molecule has 1 saturated heterocycles. The van der Waals surface area contributed by atoms with E-state index in [4.69, 9.17) is 9.72 Å². The van der Waals surface area contributed by atoms with Gasteiger partial charge in [-0.25, -0.2) is 4.98 Å². The van der Waals surface area contributed by atoms with Crippen LogP contribution in [0.3, 0.4) is 0 Å². The molecule has 0 unspecified atom stereocenters. The summed E-state index contributed by atoms with van der Waals surface area (Å²) in [5, 5.41) is 1.01. The quantitative estimate of drug-likeness (QED) is 0.519. The molecular weight excluding hydrogens is 402 g/mol. The zero-order valence-corrected chi connectivity index (χ0v) is 18.2. The summed E-state index contributed by atoms with van der Waals surface area (Å²) >= 11 is 3.43. The van der Waals surface area contributed by atoms with Gasteiger partial charge in [0.25, 0.3) is 0 Å². The van der Waals surface area contributed by atoms with E-state index >= 15 is 0 Å². The molecule has 0 bridgehead atoms. The number of aromatic nitrogens is 1. The fraction of sp³-hybridized carbons (Fsp3) is 0.364. The number of anilines is 1. The predicted molar refractivity (Wildman–Crippen MR) is 121 cm³/mol. The van der Waals surface area contributed by atoms with Gasteiger partial charge in [0.1, 0.15) is 11.3 Å². The Labute approximate surface area is 179 Å². The van der Waals surface area contributed by atoms with Crippen LogP contribution in [-0.2, 0) is 4.79 Å². The highest BCUT2D eigenvalue weighted by molar-refractivity contribution is 7.99. The largest absolute Gasteiger partial charge is 0.492 e. The molecule has 3 aromatic rings. The van der Waals surface area contributed by atoms with Crippen molar-refractivity contribution in [2.24, 2.45) is 0 Å². The van der Waals surface area contributed by atoms with E-state index in [1.807, 2.05) is 42.2 Å². The number of thiazole rings is 1. The molecule has 1 aliphatic rings. The number of para-hydroxylation sites is 1. The van der Waals surface area contributed by atoms with E-state index in [1.165, 1.54) is 4.90 Å². The van der Waals surface area contributed by atoms with Crippen LogP contribution in [0, 0.1) is 0 Å². The molecule has 0 aliphatic carbocycles. The normalized spacial score (nSPS) is 14.4. The third-order valence-corrected chi connectivity index (χ3v) is 7.00. The van der Waals surface area contributed by atoms with Crippen molar-refractivity contribution < 1.29 is 9.53 Å². The van der Waals surface area contributed by atoms with Crippen molar-refractivity contribution in [3.05, 3.63) is 48.5 Å². The van der Waals surface area contributed by atoms with Crippen LogP contribution in [0.1, 0.15) is 13.3 Å². The van der Waals surface area contributed by atoms with Crippen LogP contribution in [-0.4, -0.2) is 54.3 Å². The van der Waals surface area contributed by atoms with Gasteiger partial charge in [-0.3, -0.25) is 4.79 Å². The molecule has 29 heavy (non-hydrogen) atoms. The Morgan fingerprint density at radius 2 is 1.90 bits per heavy atom. The van der Waals surface area contributed by atoms with Gasteiger partial charge in [-0.2, -0.15) is 0 Å². The number of benzene rings is 2. The van der Waals surface area contributed by atoms with Crippen molar-refractivity contribution >= 4 is 44.4 Å². The Kier molecular flexibility index (Phi) is 6.56. The van der Waals surface area contributed by atoms with Gasteiger partial charge in [-0.05, 0) is 31.2 Å². The van der Waals surface area contributed by atoms with Gasteiger partial charge in [0.05, 0.1) is 11.3 Å². The fourth-order valence-electron chi connectivity index (χ4n) is 3.40. The number of piperazine rings is 1. The van der Waals surface area contributed by atoms with E-state index in [1.54, 1.807) is 23.1 Å². The van der Waals surface area contributed by atoms with Crippen LogP contribution in [0.25, 0.3) is 10.2 Å². The molecule has 4 rings (SSSR count). The maximum absolute atomic E-state index is 12.6. The lowest BCUT2D eigenvalue weighted by atomic mass is 10.3. The van der Waals surface area contributed by atoms with E-state index in [-0.39, 0.29) is 5.91 Å². The van der Waals surface area contributed by atoms with E-state index < -0.39 is 0 Å². The Bertz CT molecular complexity index is 953. The van der Waals surface area contributed by atoms with Gasteiger partial charge in [0.15, 0.2) is 5.13 Å². The molecule has 0 radical (unpaired) electrons. The second kappa shape index (κ2) is 9.50. The minimum atomic E-state index is 0.246. The van der Waals surface area contributed by atoms with E-state index in [9.17, 15) is 4.79 Å². The molecule has 1 amide bonds. The third kappa shape index (κ3) is 4.85. The highest BCUT2D eigenvalue weighted by Crippen LogP contribution is 2.34. The van der Waals surface area contributed by atoms with Crippen molar-refractivity contribution in [2.75, 3.05) is 43.4 Å². The van der Waals surface area contributed by atoms with Crippen molar-refractivity contribution in [1.29, 1.82) is 0 Å². The van der Waals surface area contributed by atoms with Crippen molar-refractivity contribution in [3.63, 3.8) is 0 Å². The number of amides is 1. The number of fused-ring (bicyclic) bond motifs is 1. The minimum Gasteiger partial charge on any atom is -0.492 e. The number of hydrogen-bond donors (Lipinski definition) is 0. The molecule has 1 fully saturated rings. The maximum Gasteiger partial charge on any atom is 0.223 e. The summed E-state index contributed by atoms with van der Waals surface area (Å²) in [6, 6.07) is 16.3. The Balaban J connectivity index is 1.30. The number of carbonyl (C=O) groups excluding carboxylic acids is 1. The highest BCUT2D eigenvalue weighted by Gasteiger charge is 2.23. The molecule has 1 aromatic heterocycles. The first-order chi connectivity index (χ1) is 14.2. The monoisotopic (exact) mass is 427 g/mol. The summed E-state index contributed by atoms with van der Waals surface area (Å²) in [6.45, 7) is 5.77. The SMILES string of the molecule is CCOc1cccc2sc(N3CCN(C(=O)CCSc4ccccc4)CC3)nc12. The number of carbonyl (C=O) groups is 1. The second-order valence-corrected chi connectivity index (χ2v) is 8.99. The number of hydrogen-bond acceptors (Lipinski definition) is 6. The summed E-state index contributed by atoms with van der Waals surface area (Å²) in [5.74, 6) is 1.91. The molecule has 152 valence electrons. The summed E-state index contributed by atoms with van der Waals surface area (Å²) in [7, 11) is 0. The van der Waals surface area contributed by atoms with Crippen LogP contribution < -0.4 is 9.64 Å². The highest BCUT2D eigenvalue weighted by atomic mass is 32.2. The first-order valence-corrected chi connectivity index (χ1v) is 11.8. The lowest BCUT2D eigenvalue weighted by molar-refractivity contribution is -0.131. The Morgan fingerprint density at radius 1 is 1.10 bits per heavy atom. The molecule has 0 spiro atoms. The van der Waals surface area contributed by atoms with E-state index in [0.717, 1.165) is 53.0 Å². The number of ether oxygens (including phenoxy) is 1. The zero-order valence-electron chi connectivity index (χ0n) is 16.5. The van der Waals surface area contributed by atoms with Gasteiger partial charge in [-0.1, -0.05) is 35.6 Å². The number of thioether (sulfide) groups is 1.